The van der Waals surface area contributed by atoms with Gasteiger partial charge in [0.25, 0.3) is 0 Å². The van der Waals surface area contributed by atoms with Crippen LogP contribution in [0.15, 0.2) is 0 Å². The number of piperidine rings is 1. The fraction of sp³-hybridized carbons (Fsp3) is 1.00. The molecule has 0 aromatic heterocycles. The van der Waals surface area contributed by atoms with Gasteiger partial charge in [-0.25, -0.2) is 0 Å². The van der Waals surface area contributed by atoms with Gasteiger partial charge in [-0.1, -0.05) is 20.3 Å². The largest absolute Gasteiger partial charge is 0.300 e. The number of rotatable bonds is 3. The van der Waals surface area contributed by atoms with Gasteiger partial charge < -0.3 is 4.90 Å². The quantitative estimate of drug-likeness (QED) is 0.605. The van der Waals surface area contributed by atoms with Crippen molar-refractivity contribution < 1.29 is 0 Å². The summed E-state index contributed by atoms with van der Waals surface area (Å²) in [5, 5.41) is 0. The second-order valence-corrected chi connectivity index (χ2v) is 3.59. The fourth-order valence-corrected chi connectivity index (χ4v) is 2.10. The molecule has 1 heterocycles. The third kappa shape index (κ3) is 2.48. The van der Waals surface area contributed by atoms with Crippen LogP contribution >= 0.6 is 0 Å². The van der Waals surface area contributed by atoms with Gasteiger partial charge in [0, 0.05) is 6.04 Å². The Labute approximate surface area is 70.8 Å². The first kappa shape index (κ1) is 9.05. The molecule has 1 atom stereocenters. The summed E-state index contributed by atoms with van der Waals surface area (Å²) in [6.07, 6.45) is 6.99. The third-order valence-corrected chi connectivity index (χ3v) is 2.73. The van der Waals surface area contributed by atoms with Crippen LogP contribution in [0.25, 0.3) is 0 Å². The first-order chi connectivity index (χ1) is 5.38. The maximum absolute atomic E-state index is 2.67. The van der Waals surface area contributed by atoms with Crippen molar-refractivity contribution in [3.8, 4) is 0 Å². The van der Waals surface area contributed by atoms with Crippen LogP contribution in [-0.2, 0) is 0 Å². The van der Waals surface area contributed by atoms with Gasteiger partial charge in [-0.05, 0) is 38.8 Å². The molecule has 66 valence electrons. The van der Waals surface area contributed by atoms with Gasteiger partial charge in [0.2, 0.25) is 0 Å². The van der Waals surface area contributed by atoms with E-state index in [9.17, 15) is 0 Å². The average molecular weight is 155 g/mol. The van der Waals surface area contributed by atoms with Gasteiger partial charge in [0.05, 0.1) is 0 Å². The first-order valence-electron chi connectivity index (χ1n) is 5.12. The molecule has 1 fully saturated rings. The van der Waals surface area contributed by atoms with Crippen LogP contribution in [-0.4, -0.2) is 24.0 Å². The zero-order valence-electron chi connectivity index (χ0n) is 7.97. The van der Waals surface area contributed by atoms with Crippen LogP contribution in [0.4, 0.5) is 0 Å². The van der Waals surface area contributed by atoms with Crippen molar-refractivity contribution in [1.82, 2.24) is 4.90 Å². The minimum Gasteiger partial charge on any atom is -0.300 e. The monoisotopic (exact) mass is 155 g/mol. The summed E-state index contributed by atoms with van der Waals surface area (Å²) < 4.78 is 0. The summed E-state index contributed by atoms with van der Waals surface area (Å²) in [6.45, 7) is 7.27. The Morgan fingerprint density at radius 2 is 2.09 bits per heavy atom. The maximum atomic E-state index is 2.67. The highest BCUT2D eigenvalue weighted by Gasteiger charge is 2.18. The van der Waals surface area contributed by atoms with Gasteiger partial charge in [0.1, 0.15) is 0 Å². The lowest BCUT2D eigenvalue weighted by Gasteiger charge is -2.34. The van der Waals surface area contributed by atoms with Crippen molar-refractivity contribution >= 4 is 0 Å². The summed E-state index contributed by atoms with van der Waals surface area (Å²) >= 11 is 0. The molecular weight excluding hydrogens is 134 g/mol. The molecule has 0 amide bonds. The molecule has 0 aromatic rings. The van der Waals surface area contributed by atoms with Crippen LogP contribution in [0, 0.1) is 0 Å². The Kier molecular flexibility index (Phi) is 3.92. The molecule has 1 heteroatoms. The molecule has 0 bridgehead atoms. The Morgan fingerprint density at radius 3 is 2.73 bits per heavy atom. The molecule has 0 aliphatic carbocycles. The van der Waals surface area contributed by atoms with E-state index in [-0.39, 0.29) is 0 Å². The molecule has 0 radical (unpaired) electrons. The lowest BCUT2D eigenvalue weighted by atomic mass is 10.00. The second-order valence-electron chi connectivity index (χ2n) is 3.59. The van der Waals surface area contributed by atoms with E-state index in [2.05, 4.69) is 18.7 Å². The summed E-state index contributed by atoms with van der Waals surface area (Å²) in [7, 11) is 0. The van der Waals surface area contributed by atoms with Crippen molar-refractivity contribution in [2.45, 2.75) is 52.0 Å². The minimum atomic E-state index is 0.906. The molecule has 1 rings (SSSR count). The number of hydrogen-bond acceptors (Lipinski definition) is 1. The minimum absolute atomic E-state index is 0.906. The summed E-state index contributed by atoms with van der Waals surface area (Å²) in [5.74, 6) is 0. The van der Waals surface area contributed by atoms with Crippen LogP contribution in [0.5, 0.6) is 0 Å². The molecule has 1 saturated heterocycles. The normalized spacial score (nSPS) is 27.3. The predicted molar refractivity (Wildman–Crippen MR) is 49.8 cm³/mol. The van der Waals surface area contributed by atoms with E-state index >= 15 is 0 Å². The summed E-state index contributed by atoms with van der Waals surface area (Å²) in [5.41, 5.74) is 0. The SMILES string of the molecule is CCCN1CCCCC1CC. The van der Waals surface area contributed by atoms with E-state index in [1.165, 1.54) is 45.2 Å². The van der Waals surface area contributed by atoms with Crippen molar-refractivity contribution in [3.63, 3.8) is 0 Å². The van der Waals surface area contributed by atoms with Crippen LogP contribution in [0.1, 0.15) is 46.0 Å². The Bertz CT molecular complexity index is 99.0. The zero-order valence-corrected chi connectivity index (χ0v) is 7.97. The van der Waals surface area contributed by atoms with Crippen LogP contribution in [0.2, 0.25) is 0 Å². The Morgan fingerprint density at radius 1 is 1.27 bits per heavy atom. The second kappa shape index (κ2) is 4.76. The standard InChI is InChI=1S/C10H21N/c1-3-8-11-9-6-5-7-10(11)4-2/h10H,3-9H2,1-2H3. The van der Waals surface area contributed by atoms with Gasteiger partial charge in [-0.15, -0.1) is 0 Å². The number of hydrogen-bond donors (Lipinski definition) is 0. The van der Waals surface area contributed by atoms with Crippen LogP contribution in [0.3, 0.4) is 0 Å². The van der Waals surface area contributed by atoms with Crippen molar-refractivity contribution in [2.75, 3.05) is 13.1 Å². The highest BCUT2D eigenvalue weighted by molar-refractivity contribution is 4.74. The van der Waals surface area contributed by atoms with Gasteiger partial charge in [-0.3, -0.25) is 0 Å². The van der Waals surface area contributed by atoms with E-state index in [1.807, 2.05) is 0 Å². The molecular formula is C10H21N. The van der Waals surface area contributed by atoms with E-state index in [0.717, 1.165) is 6.04 Å². The molecule has 0 aromatic carbocycles. The maximum Gasteiger partial charge on any atom is 0.00926 e. The highest BCUT2D eigenvalue weighted by Crippen LogP contribution is 2.18. The fourth-order valence-electron chi connectivity index (χ4n) is 2.10. The first-order valence-corrected chi connectivity index (χ1v) is 5.12. The van der Waals surface area contributed by atoms with Gasteiger partial charge in [-0.2, -0.15) is 0 Å². The highest BCUT2D eigenvalue weighted by atomic mass is 15.2. The predicted octanol–water partition coefficient (Wildman–Crippen LogP) is 2.66. The van der Waals surface area contributed by atoms with Crippen molar-refractivity contribution in [2.24, 2.45) is 0 Å². The van der Waals surface area contributed by atoms with E-state index in [1.54, 1.807) is 0 Å². The lowest BCUT2D eigenvalue weighted by molar-refractivity contribution is 0.144. The van der Waals surface area contributed by atoms with Crippen molar-refractivity contribution in [1.29, 1.82) is 0 Å². The Hall–Kier alpha value is -0.0400. The molecule has 1 aliphatic rings. The smallest absolute Gasteiger partial charge is 0.00926 e. The Balaban J connectivity index is 2.31. The van der Waals surface area contributed by atoms with Gasteiger partial charge >= 0.3 is 0 Å². The van der Waals surface area contributed by atoms with Gasteiger partial charge in [0.15, 0.2) is 0 Å². The zero-order chi connectivity index (χ0) is 8.10. The molecule has 0 spiro atoms. The number of likely N-dealkylation sites (tertiary alicyclic amines) is 1. The topological polar surface area (TPSA) is 3.24 Å². The molecule has 1 unspecified atom stereocenters. The average Bonchev–Trinajstić information content (AvgIpc) is 2.06. The van der Waals surface area contributed by atoms with E-state index < -0.39 is 0 Å². The van der Waals surface area contributed by atoms with Crippen LogP contribution < -0.4 is 0 Å². The van der Waals surface area contributed by atoms with E-state index in [0.29, 0.717) is 0 Å². The third-order valence-electron chi connectivity index (χ3n) is 2.73. The molecule has 11 heavy (non-hydrogen) atoms. The molecule has 0 N–H and O–H groups in total. The molecule has 1 nitrogen and oxygen atoms in total. The van der Waals surface area contributed by atoms with E-state index in [4.69, 9.17) is 0 Å². The van der Waals surface area contributed by atoms with Crippen molar-refractivity contribution in [3.05, 3.63) is 0 Å². The molecule has 1 aliphatic heterocycles. The number of nitrogens with zero attached hydrogens (tertiary/aromatic N) is 1. The lowest BCUT2D eigenvalue weighted by Crippen LogP contribution is -2.39. The molecule has 0 saturated carbocycles. The summed E-state index contributed by atoms with van der Waals surface area (Å²) in [4.78, 5) is 2.67. The summed E-state index contributed by atoms with van der Waals surface area (Å²) in [6, 6.07) is 0.906.